The molecular weight excluding hydrogens is 252 g/mol. The van der Waals surface area contributed by atoms with E-state index in [4.69, 9.17) is 14.5 Å². The molecule has 0 saturated heterocycles. The molecule has 2 rings (SSSR count). The van der Waals surface area contributed by atoms with Crippen LogP contribution >= 0.6 is 0 Å². The normalized spacial score (nSPS) is 10.6. The van der Waals surface area contributed by atoms with Gasteiger partial charge in [0.2, 0.25) is 0 Å². The fourth-order valence-electron chi connectivity index (χ4n) is 2.26. The van der Waals surface area contributed by atoms with E-state index in [0.29, 0.717) is 0 Å². The van der Waals surface area contributed by atoms with Gasteiger partial charge < -0.3 is 14.8 Å². The molecule has 0 aliphatic carbocycles. The smallest absolute Gasteiger partial charge is 0.145 e. The maximum atomic E-state index is 5.43. The van der Waals surface area contributed by atoms with Gasteiger partial charge in [0.25, 0.3) is 0 Å². The van der Waals surface area contributed by atoms with E-state index in [0.717, 1.165) is 47.6 Å². The highest BCUT2D eigenvalue weighted by molar-refractivity contribution is 5.92. The molecule has 0 spiro atoms. The van der Waals surface area contributed by atoms with Gasteiger partial charge >= 0.3 is 0 Å². The van der Waals surface area contributed by atoms with Crippen molar-refractivity contribution in [2.45, 2.75) is 26.7 Å². The van der Waals surface area contributed by atoms with Crippen molar-refractivity contribution >= 4 is 16.7 Å². The van der Waals surface area contributed by atoms with Crippen LogP contribution in [0.15, 0.2) is 18.2 Å². The Morgan fingerprint density at radius 3 is 2.40 bits per heavy atom. The van der Waals surface area contributed by atoms with Crippen LogP contribution in [-0.4, -0.2) is 25.7 Å². The average Bonchev–Trinajstić information content (AvgIpc) is 2.50. The van der Waals surface area contributed by atoms with E-state index >= 15 is 0 Å². The molecule has 0 fully saturated rings. The summed E-state index contributed by atoms with van der Waals surface area (Å²) in [4.78, 5) is 4.75. The third-order valence-electron chi connectivity index (χ3n) is 3.35. The van der Waals surface area contributed by atoms with Gasteiger partial charge in [-0.3, -0.25) is 0 Å². The number of hydrogen-bond acceptors (Lipinski definition) is 4. The van der Waals surface area contributed by atoms with Gasteiger partial charge in [-0.25, -0.2) is 4.98 Å². The van der Waals surface area contributed by atoms with Crippen LogP contribution in [0.4, 0.5) is 5.82 Å². The molecule has 0 aliphatic heterocycles. The van der Waals surface area contributed by atoms with Gasteiger partial charge in [0.05, 0.1) is 14.2 Å². The number of fused-ring (bicyclic) bond motifs is 1. The van der Waals surface area contributed by atoms with Crippen molar-refractivity contribution in [3.05, 3.63) is 23.8 Å². The number of nitrogens with one attached hydrogen (secondary N) is 1. The Kier molecular flexibility index (Phi) is 4.66. The predicted molar refractivity (Wildman–Crippen MR) is 83.0 cm³/mol. The first kappa shape index (κ1) is 14.4. The molecule has 0 atom stereocenters. The van der Waals surface area contributed by atoms with E-state index < -0.39 is 0 Å². The summed E-state index contributed by atoms with van der Waals surface area (Å²) in [6, 6.07) is 5.95. The molecule has 108 valence electrons. The summed E-state index contributed by atoms with van der Waals surface area (Å²) in [7, 11) is 3.34. The van der Waals surface area contributed by atoms with Crippen molar-refractivity contribution in [3.8, 4) is 11.5 Å². The van der Waals surface area contributed by atoms with E-state index in [1.54, 1.807) is 14.2 Å². The van der Waals surface area contributed by atoms with Gasteiger partial charge in [-0.2, -0.15) is 0 Å². The number of hydrogen-bond donors (Lipinski definition) is 1. The zero-order valence-electron chi connectivity index (χ0n) is 12.6. The van der Waals surface area contributed by atoms with E-state index in [9.17, 15) is 0 Å². The number of anilines is 1. The summed E-state index contributed by atoms with van der Waals surface area (Å²) < 4.78 is 10.8. The molecule has 1 aromatic carbocycles. The van der Waals surface area contributed by atoms with Crippen LogP contribution < -0.4 is 14.8 Å². The molecule has 0 saturated carbocycles. The van der Waals surface area contributed by atoms with Crippen molar-refractivity contribution in [3.63, 3.8) is 0 Å². The number of benzene rings is 1. The summed E-state index contributed by atoms with van der Waals surface area (Å²) in [5, 5.41) is 4.38. The van der Waals surface area contributed by atoms with Gasteiger partial charge in [-0.05, 0) is 36.6 Å². The molecule has 1 aromatic heterocycles. The highest BCUT2D eigenvalue weighted by atomic mass is 16.5. The van der Waals surface area contributed by atoms with Crippen LogP contribution in [0.25, 0.3) is 10.9 Å². The molecule has 4 heteroatoms. The SMILES string of the molecule is CCCNc1nc2c(OC)ccc(OC)c2cc1CC. The predicted octanol–water partition coefficient (Wildman–Crippen LogP) is 3.64. The van der Waals surface area contributed by atoms with Crippen molar-refractivity contribution in [1.29, 1.82) is 0 Å². The third-order valence-corrected chi connectivity index (χ3v) is 3.35. The highest BCUT2D eigenvalue weighted by Gasteiger charge is 2.12. The van der Waals surface area contributed by atoms with Crippen LogP contribution in [0, 0.1) is 0 Å². The number of ether oxygens (including phenoxy) is 2. The maximum Gasteiger partial charge on any atom is 0.145 e. The molecular formula is C16H22N2O2. The lowest BCUT2D eigenvalue weighted by molar-refractivity contribution is 0.410. The van der Waals surface area contributed by atoms with Crippen LogP contribution in [0.1, 0.15) is 25.8 Å². The number of aromatic nitrogens is 1. The Morgan fingerprint density at radius 1 is 1.10 bits per heavy atom. The van der Waals surface area contributed by atoms with Gasteiger partial charge in [-0.1, -0.05) is 13.8 Å². The quantitative estimate of drug-likeness (QED) is 0.873. The van der Waals surface area contributed by atoms with Gasteiger partial charge in [0.1, 0.15) is 22.8 Å². The molecule has 0 amide bonds. The molecule has 0 unspecified atom stereocenters. The number of nitrogens with zero attached hydrogens (tertiary/aromatic N) is 1. The highest BCUT2D eigenvalue weighted by Crippen LogP contribution is 2.34. The fraction of sp³-hybridized carbons (Fsp3) is 0.438. The molecule has 0 aliphatic rings. The van der Waals surface area contributed by atoms with Crippen molar-refractivity contribution in [1.82, 2.24) is 4.98 Å². The van der Waals surface area contributed by atoms with Crippen molar-refractivity contribution in [2.24, 2.45) is 0 Å². The second-order valence-corrected chi connectivity index (χ2v) is 4.64. The minimum atomic E-state index is 0.767. The number of pyridine rings is 1. The number of rotatable bonds is 6. The Morgan fingerprint density at radius 2 is 1.80 bits per heavy atom. The molecule has 1 heterocycles. The first-order chi connectivity index (χ1) is 9.74. The molecule has 4 nitrogen and oxygen atoms in total. The van der Waals surface area contributed by atoms with Crippen LogP contribution in [0.2, 0.25) is 0 Å². The summed E-state index contributed by atoms with van der Waals surface area (Å²) in [6.45, 7) is 5.19. The van der Waals surface area contributed by atoms with E-state index in [2.05, 4.69) is 25.2 Å². The van der Waals surface area contributed by atoms with Crippen molar-refractivity contribution < 1.29 is 9.47 Å². The first-order valence-corrected chi connectivity index (χ1v) is 7.03. The molecule has 0 radical (unpaired) electrons. The largest absolute Gasteiger partial charge is 0.496 e. The standard InChI is InChI=1S/C16H22N2O2/c1-5-9-17-16-11(6-2)10-12-13(19-3)7-8-14(20-4)15(12)18-16/h7-8,10H,5-6,9H2,1-4H3,(H,17,18). The second kappa shape index (κ2) is 6.46. The Balaban J connectivity index is 2.65. The summed E-state index contributed by atoms with van der Waals surface area (Å²) in [5.74, 6) is 2.53. The average molecular weight is 274 g/mol. The Hall–Kier alpha value is -1.97. The number of methoxy groups -OCH3 is 2. The minimum Gasteiger partial charge on any atom is -0.496 e. The van der Waals surface area contributed by atoms with E-state index in [1.807, 2.05) is 12.1 Å². The Bertz CT molecular complexity index is 597. The third kappa shape index (κ3) is 2.64. The maximum absolute atomic E-state index is 5.43. The van der Waals surface area contributed by atoms with Gasteiger partial charge in [0.15, 0.2) is 0 Å². The lowest BCUT2D eigenvalue weighted by Crippen LogP contribution is -2.06. The lowest BCUT2D eigenvalue weighted by Gasteiger charge is -2.14. The van der Waals surface area contributed by atoms with Crippen LogP contribution in [0.5, 0.6) is 11.5 Å². The summed E-state index contributed by atoms with van der Waals surface area (Å²) >= 11 is 0. The Labute approximate surface area is 120 Å². The molecule has 2 aromatic rings. The zero-order valence-corrected chi connectivity index (χ0v) is 12.6. The topological polar surface area (TPSA) is 43.4 Å². The van der Waals surface area contributed by atoms with Gasteiger partial charge in [0, 0.05) is 11.9 Å². The van der Waals surface area contributed by atoms with Crippen LogP contribution in [0.3, 0.4) is 0 Å². The van der Waals surface area contributed by atoms with E-state index in [1.165, 1.54) is 5.56 Å². The van der Waals surface area contributed by atoms with E-state index in [-0.39, 0.29) is 0 Å². The summed E-state index contributed by atoms with van der Waals surface area (Å²) in [6.07, 6.45) is 1.99. The van der Waals surface area contributed by atoms with Crippen LogP contribution in [-0.2, 0) is 6.42 Å². The zero-order chi connectivity index (χ0) is 14.5. The minimum absolute atomic E-state index is 0.767. The fourth-order valence-corrected chi connectivity index (χ4v) is 2.26. The second-order valence-electron chi connectivity index (χ2n) is 4.64. The monoisotopic (exact) mass is 274 g/mol. The van der Waals surface area contributed by atoms with Crippen molar-refractivity contribution in [2.75, 3.05) is 26.1 Å². The molecule has 1 N–H and O–H groups in total. The number of aryl methyl sites for hydroxylation is 1. The van der Waals surface area contributed by atoms with Gasteiger partial charge in [-0.15, -0.1) is 0 Å². The molecule has 20 heavy (non-hydrogen) atoms. The first-order valence-electron chi connectivity index (χ1n) is 7.03. The summed E-state index contributed by atoms with van der Waals surface area (Å²) in [5.41, 5.74) is 2.03. The molecule has 0 bridgehead atoms. The lowest BCUT2D eigenvalue weighted by atomic mass is 10.1.